The van der Waals surface area contributed by atoms with Gasteiger partial charge in [0.1, 0.15) is 11.4 Å². The molecule has 2 aromatic heterocycles. The standard InChI is InChI=1S/C21H24N8S/c1-16(2)29-24-19(20(25-29)17-9-5-3-6-10-17)15-22-13-14-30-21-23-26-27-28(21)18-11-7-4-8-12-18/h3-12,16,22H,13-15H2,1-2H3. The highest BCUT2D eigenvalue weighted by molar-refractivity contribution is 7.99. The molecule has 0 aliphatic rings. The molecule has 8 nitrogen and oxygen atoms in total. The van der Waals surface area contributed by atoms with Crippen molar-refractivity contribution in [2.75, 3.05) is 12.3 Å². The van der Waals surface area contributed by atoms with Crippen LogP contribution in [0.3, 0.4) is 0 Å². The van der Waals surface area contributed by atoms with E-state index in [1.807, 2.05) is 48.5 Å². The fourth-order valence-electron chi connectivity index (χ4n) is 2.95. The second kappa shape index (κ2) is 9.64. The van der Waals surface area contributed by atoms with Gasteiger partial charge in [-0.15, -0.1) is 5.10 Å². The van der Waals surface area contributed by atoms with Crippen molar-refractivity contribution in [3.8, 4) is 16.9 Å². The normalized spacial score (nSPS) is 11.3. The Morgan fingerprint density at radius 2 is 1.70 bits per heavy atom. The second-order valence-corrected chi connectivity index (χ2v) is 8.07. The van der Waals surface area contributed by atoms with Crippen LogP contribution in [0.2, 0.25) is 0 Å². The van der Waals surface area contributed by atoms with Crippen LogP contribution in [0, 0.1) is 0 Å². The van der Waals surface area contributed by atoms with Gasteiger partial charge in [-0.1, -0.05) is 60.3 Å². The van der Waals surface area contributed by atoms with E-state index >= 15 is 0 Å². The summed E-state index contributed by atoms with van der Waals surface area (Å²) in [6, 6.07) is 20.3. The lowest BCUT2D eigenvalue weighted by Gasteiger charge is -2.05. The summed E-state index contributed by atoms with van der Waals surface area (Å²) in [7, 11) is 0. The van der Waals surface area contributed by atoms with E-state index in [4.69, 9.17) is 5.10 Å². The SMILES string of the molecule is CC(C)n1nc(CNCCSc2nnnn2-c2ccccc2)c(-c2ccccc2)n1. The molecular weight excluding hydrogens is 396 g/mol. The second-order valence-electron chi connectivity index (χ2n) is 7.01. The van der Waals surface area contributed by atoms with Gasteiger partial charge in [-0.25, -0.2) is 0 Å². The summed E-state index contributed by atoms with van der Waals surface area (Å²) in [5.41, 5.74) is 3.92. The molecule has 0 radical (unpaired) electrons. The average Bonchev–Trinajstić information content (AvgIpc) is 3.42. The zero-order valence-corrected chi connectivity index (χ0v) is 17.8. The first-order chi connectivity index (χ1) is 14.7. The first kappa shape index (κ1) is 20.2. The number of para-hydroxylation sites is 1. The molecule has 0 aliphatic carbocycles. The Labute approximate surface area is 179 Å². The van der Waals surface area contributed by atoms with Crippen LogP contribution >= 0.6 is 11.8 Å². The van der Waals surface area contributed by atoms with Crippen LogP contribution in [-0.4, -0.2) is 47.5 Å². The summed E-state index contributed by atoms with van der Waals surface area (Å²) >= 11 is 1.62. The first-order valence-electron chi connectivity index (χ1n) is 9.91. The van der Waals surface area contributed by atoms with E-state index in [9.17, 15) is 0 Å². The number of hydrogen-bond donors (Lipinski definition) is 1. The molecule has 30 heavy (non-hydrogen) atoms. The molecule has 4 rings (SSSR count). The average molecular weight is 421 g/mol. The molecule has 0 saturated heterocycles. The molecule has 0 bridgehead atoms. The van der Waals surface area contributed by atoms with E-state index in [0.717, 1.165) is 40.1 Å². The highest BCUT2D eigenvalue weighted by Crippen LogP contribution is 2.21. The van der Waals surface area contributed by atoms with Crippen molar-refractivity contribution < 1.29 is 0 Å². The lowest BCUT2D eigenvalue weighted by Crippen LogP contribution is -2.18. The van der Waals surface area contributed by atoms with E-state index in [0.29, 0.717) is 6.54 Å². The maximum atomic E-state index is 4.70. The van der Waals surface area contributed by atoms with Gasteiger partial charge >= 0.3 is 0 Å². The Kier molecular flexibility index (Phi) is 6.50. The number of thioether (sulfide) groups is 1. The number of nitrogens with zero attached hydrogens (tertiary/aromatic N) is 7. The minimum atomic E-state index is 0.216. The number of nitrogens with one attached hydrogen (secondary N) is 1. The van der Waals surface area contributed by atoms with Gasteiger partial charge in [0, 0.05) is 24.4 Å². The van der Waals surface area contributed by atoms with Crippen molar-refractivity contribution in [2.45, 2.75) is 31.6 Å². The Hall–Kier alpha value is -3.04. The first-order valence-corrected chi connectivity index (χ1v) is 10.9. The van der Waals surface area contributed by atoms with Crippen LogP contribution in [0.4, 0.5) is 0 Å². The van der Waals surface area contributed by atoms with Crippen LogP contribution in [-0.2, 0) is 6.54 Å². The summed E-state index contributed by atoms with van der Waals surface area (Å²) in [6.45, 7) is 5.62. The van der Waals surface area contributed by atoms with Crippen molar-refractivity contribution in [2.24, 2.45) is 0 Å². The van der Waals surface area contributed by atoms with Crippen molar-refractivity contribution in [1.82, 2.24) is 40.5 Å². The molecule has 0 unspecified atom stereocenters. The Bertz CT molecular complexity index is 1060. The molecule has 0 atom stereocenters. The Balaban J connectivity index is 1.35. The van der Waals surface area contributed by atoms with E-state index in [1.165, 1.54) is 0 Å². The smallest absolute Gasteiger partial charge is 0.214 e. The lowest BCUT2D eigenvalue weighted by molar-refractivity contribution is 0.462. The van der Waals surface area contributed by atoms with Crippen molar-refractivity contribution in [3.63, 3.8) is 0 Å². The minimum absolute atomic E-state index is 0.216. The van der Waals surface area contributed by atoms with Gasteiger partial charge in [-0.3, -0.25) is 0 Å². The maximum Gasteiger partial charge on any atom is 0.214 e. The molecule has 2 aromatic carbocycles. The summed E-state index contributed by atoms with van der Waals surface area (Å²) in [5, 5.41) is 25.7. The highest BCUT2D eigenvalue weighted by atomic mass is 32.2. The topological polar surface area (TPSA) is 86.3 Å². The molecule has 9 heteroatoms. The van der Waals surface area contributed by atoms with Crippen molar-refractivity contribution in [3.05, 3.63) is 66.4 Å². The largest absolute Gasteiger partial charge is 0.310 e. The summed E-state index contributed by atoms with van der Waals surface area (Å²) in [5.74, 6) is 0.839. The third-order valence-electron chi connectivity index (χ3n) is 4.45. The Morgan fingerprint density at radius 3 is 2.43 bits per heavy atom. The third-order valence-corrected chi connectivity index (χ3v) is 5.37. The van der Waals surface area contributed by atoms with E-state index < -0.39 is 0 Å². The Morgan fingerprint density at radius 1 is 0.967 bits per heavy atom. The fraction of sp³-hybridized carbons (Fsp3) is 0.286. The molecule has 154 valence electrons. The number of rotatable bonds is 9. The monoisotopic (exact) mass is 420 g/mol. The van der Waals surface area contributed by atoms with Gasteiger partial charge in [0.15, 0.2) is 0 Å². The number of benzene rings is 2. The van der Waals surface area contributed by atoms with Gasteiger partial charge in [0.05, 0.1) is 11.7 Å². The predicted octanol–water partition coefficient (Wildman–Crippen LogP) is 3.38. The molecular formula is C21H24N8S. The number of aromatic nitrogens is 7. The maximum absolute atomic E-state index is 4.70. The van der Waals surface area contributed by atoms with Gasteiger partial charge < -0.3 is 5.32 Å². The summed E-state index contributed by atoms with van der Waals surface area (Å²) in [4.78, 5) is 1.78. The van der Waals surface area contributed by atoms with Crippen LogP contribution < -0.4 is 5.32 Å². The zero-order valence-electron chi connectivity index (χ0n) is 17.0. The summed E-state index contributed by atoms with van der Waals surface area (Å²) < 4.78 is 1.76. The molecule has 0 amide bonds. The molecule has 4 aromatic rings. The van der Waals surface area contributed by atoms with Gasteiger partial charge in [0.2, 0.25) is 5.16 Å². The van der Waals surface area contributed by atoms with Crippen LogP contribution in [0.1, 0.15) is 25.6 Å². The van der Waals surface area contributed by atoms with Crippen LogP contribution in [0.5, 0.6) is 0 Å². The number of tetrazole rings is 1. The quantitative estimate of drug-likeness (QED) is 0.328. The van der Waals surface area contributed by atoms with Gasteiger partial charge in [0.25, 0.3) is 0 Å². The fourth-order valence-corrected chi connectivity index (χ4v) is 3.73. The van der Waals surface area contributed by atoms with E-state index in [2.05, 4.69) is 51.9 Å². The molecule has 0 spiro atoms. The van der Waals surface area contributed by atoms with Crippen molar-refractivity contribution >= 4 is 11.8 Å². The summed E-state index contributed by atoms with van der Waals surface area (Å²) in [6.07, 6.45) is 0. The molecule has 0 saturated carbocycles. The van der Waals surface area contributed by atoms with Crippen LogP contribution in [0.15, 0.2) is 65.8 Å². The molecule has 0 fully saturated rings. The molecule has 2 heterocycles. The highest BCUT2D eigenvalue weighted by Gasteiger charge is 2.14. The van der Waals surface area contributed by atoms with E-state index in [1.54, 1.807) is 21.2 Å². The van der Waals surface area contributed by atoms with E-state index in [-0.39, 0.29) is 6.04 Å². The van der Waals surface area contributed by atoms with Gasteiger partial charge in [-0.05, 0) is 36.4 Å². The van der Waals surface area contributed by atoms with Gasteiger partial charge in [-0.2, -0.15) is 19.7 Å². The molecule has 0 aliphatic heterocycles. The van der Waals surface area contributed by atoms with Crippen LogP contribution in [0.25, 0.3) is 16.9 Å². The molecule has 1 N–H and O–H groups in total. The predicted molar refractivity (Wildman–Crippen MR) is 117 cm³/mol. The lowest BCUT2D eigenvalue weighted by atomic mass is 10.1. The zero-order chi connectivity index (χ0) is 20.8. The number of hydrogen-bond acceptors (Lipinski definition) is 7. The minimum Gasteiger partial charge on any atom is -0.310 e. The third kappa shape index (κ3) is 4.74. The van der Waals surface area contributed by atoms with Crippen molar-refractivity contribution in [1.29, 1.82) is 0 Å².